The summed E-state index contributed by atoms with van der Waals surface area (Å²) in [5.74, 6) is 0.859. The quantitative estimate of drug-likeness (QED) is 0.682. The highest BCUT2D eigenvalue weighted by Gasteiger charge is 2.35. The van der Waals surface area contributed by atoms with Crippen molar-refractivity contribution in [2.75, 3.05) is 5.75 Å². The maximum Gasteiger partial charge on any atom is 0.153 e. The fourth-order valence-electron chi connectivity index (χ4n) is 1.87. The van der Waals surface area contributed by atoms with Gasteiger partial charge in [0.25, 0.3) is 0 Å². The van der Waals surface area contributed by atoms with Crippen molar-refractivity contribution in [3.63, 3.8) is 0 Å². The summed E-state index contributed by atoms with van der Waals surface area (Å²) in [6, 6.07) is 0. The van der Waals surface area contributed by atoms with Crippen molar-refractivity contribution in [1.82, 2.24) is 0 Å². The molecule has 1 rings (SSSR count). The first-order valence-electron chi connectivity index (χ1n) is 4.79. The van der Waals surface area contributed by atoms with Gasteiger partial charge in [0.05, 0.1) is 11.0 Å². The van der Waals surface area contributed by atoms with Gasteiger partial charge in [0.1, 0.15) is 0 Å². The van der Waals surface area contributed by atoms with Crippen LogP contribution < -0.4 is 0 Å². The van der Waals surface area contributed by atoms with Gasteiger partial charge in [0.2, 0.25) is 0 Å². The maximum atomic E-state index is 11.3. The van der Waals surface area contributed by atoms with Crippen LogP contribution in [-0.4, -0.2) is 19.4 Å². The lowest BCUT2D eigenvalue weighted by atomic mass is 9.97. The normalized spacial score (nSPS) is 33.8. The molecule has 72 valence electrons. The molecule has 12 heavy (non-hydrogen) atoms. The topological polar surface area (TPSA) is 34.1 Å². The molecule has 0 aliphatic carbocycles. The monoisotopic (exact) mass is 190 g/mol. The minimum atomic E-state index is -2.70. The molecule has 0 aromatic carbocycles. The van der Waals surface area contributed by atoms with Crippen molar-refractivity contribution < 1.29 is 8.42 Å². The van der Waals surface area contributed by atoms with Crippen LogP contribution >= 0.6 is 0 Å². The summed E-state index contributed by atoms with van der Waals surface area (Å²) in [5, 5.41) is -0.0796. The van der Waals surface area contributed by atoms with E-state index >= 15 is 0 Å². The molecule has 1 aliphatic rings. The van der Waals surface area contributed by atoms with Gasteiger partial charge in [-0.15, -0.1) is 0 Å². The molecular formula is C9H18O2S. The van der Waals surface area contributed by atoms with Gasteiger partial charge in [0, 0.05) is 0 Å². The summed E-state index contributed by atoms with van der Waals surface area (Å²) in [6.07, 6.45) is 4.33. The summed E-state index contributed by atoms with van der Waals surface area (Å²) in [4.78, 5) is 0. The van der Waals surface area contributed by atoms with E-state index in [4.69, 9.17) is 0 Å². The van der Waals surface area contributed by atoms with Gasteiger partial charge < -0.3 is 0 Å². The van der Waals surface area contributed by atoms with Crippen LogP contribution in [0.25, 0.3) is 0 Å². The van der Waals surface area contributed by atoms with E-state index in [0.29, 0.717) is 11.7 Å². The highest BCUT2D eigenvalue weighted by molar-refractivity contribution is 7.92. The van der Waals surface area contributed by atoms with Crippen LogP contribution in [0, 0.1) is 5.92 Å². The van der Waals surface area contributed by atoms with Gasteiger partial charge in [-0.2, -0.15) is 0 Å². The number of rotatable bonds is 3. The number of sulfone groups is 1. The minimum Gasteiger partial charge on any atom is -0.229 e. The lowest BCUT2D eigenvalue weighted by Crippen LogP contribution is -2.18. The molecule has 0 amide bonds. The third kappa shape index (κ3) is 2.00. The smallest absolute Gasteiger partial charge is 0.153 e. The zero-order valence-electron chi connectivity index (χ0n) is 7.91. The van der Waals surface area contributed by atoms with Gasteiger partial charge in [0.15, 0.2) is 9.84 Å². The Hall–Kier alpha value is -0.0500. The number of unbranched alkanes of at least 4 members (excludes halogenated alkanes) is 1. The second-order valence-electron chi connectivity index (χ2n) is 3.76. The highest BCUT2D eigenvalue weighted by Crippen LogP contribution is 2.30. The molecule has 0 saturated carbocycles. The van der Waals surface area contributed by atoms with Crippen molar-refractivity contribution >= 4 is 9.84 Å². The standard InChI is InChI=1S/C9H18O2S/c1-3-4-5-9-6-7-12(10,11)8(9)2/h8-9H,3-7H2,1-2H3. The maximum absolute atomic E-state index is 11.3. The summed E-state index contributed by atoms with van der Waals surface area (Å²) in [6.45, 7) is 4.01. The van der Waals surface area contributed by atoms with Gasteiger partial charge in [-0.3, -0.25) is 0 Å². The van der Waals surface area contributed by atoms with E-state index < -0.39 is 9.84 Å². The van der Waals surface area contributed by atoms with E-state index in [1.807, 2.05) is 6.92 Å². The highest BCUT2D eigenvalue weighted by atomic mass is 32.2. The Labute approximate surface area is 75.3 Å². The van der Waals surface area contributed by atoms with Crippen molar-refractivity contribution in [2.24, 2.45) is 5.92 Å². The van der Waals surface area contributed by atoms with E-state index in [1.54, 1.807) is 0 Å². The predicted molar refractivity (Wildman–Crippen MR) is 50.9 cm³/mol. The summed E-state index contributed by atoms with van der Waals surface area (Å²) in [7, 11) is -2.70. The molecule has 2 nitrogen and oxygen atoms in total. The van der Waals surface area contributed by atoms with E-state index in [0.717, 1.165) is 12.8 Å². The van der Waals surface area contributed by atoms with Crippen molar-refractivity contribution in [3.8, 4) is 0 Å². The predicted octanol–water partition coefficient (Wildman–Crippen LogP) is 2.00. The summed E-state index contributed by atoms with van der Waals surface area (Å²) < 4.78 is 22.7. The lowest BCUT2D eigenvalue weighted by molar-refractivity contribution is 0.463. The number of hydrogen-bond acceptors (Lipinski definition) is 2. The van der Waals surface area contributed by atoms with Crippen LogP contribution in [0.15, 0.2) is 0 Å². The van der Waals surface area contributed by atoms with Crippen molar-refractivity contribution in [1.29, 1.82) is 0 Å². The Balaban J connectivity index is 2.50. The second kappa shape index (κ2) is 3.77. The molecule has 0 radical (unpaired) electrons. The van der Waals surface area contributed by atoms with Crippen LogP contribution in [0.4, 0.5) is 0 Å². The van der Waals surface area contributed by atoms with Crippen LogP contribution in [0.3, 0.4) is 0 Å². The number of hydrogen-bond donors (Lipinski definition) is 0. The van der Waals surface area contributed by atoms with Crippen LogP contribution in [0.2, 0.25) is 0 Å². The first-order valence-corrected chi connectivity index (χ1v) is 6.51. The molecule has 1 fully saturated rings. The zero-order chi connectivity index (χ0) is 9.19. The van der Waals surface area contributed by atoms with Crippen molar-refractivity contribution in [2.45, 2.75) is 44.8 Å². The van der Waals surface area contributed by atoms with Crippen LogP contribution in [0.1, 0.15) is 39.5 Å². The Kier molecular flexibility index (Phi) is 3.16. The fraction of sp³-hybridized carbons (Fsp3) is 1.00. The molecule has 1 heterocycles. The Morgan fingerprint density at radius 2 is 2.08 bits per heavy atom. The second-order valence-corrected chi connectivity index (χ2v) is 6.24. The molecule has 0 bridgehead atoms. The lowest BCUT2D eigenvalue weighted by Gasteiger charge is -2.12. The molecule has 2 unspecified atom stereocenters. The van der Waals surface area contributed by atoms with Crippen LogP contribution in [0.5, 0.6) is 0 Å². The third-order valence-electron chi connectivity index (χ3n) is 2.93. The SMILES string of the molecule is CCCCC1CCS(=O)(=O)C1C. The van der Waals surface area contributed by atoms with E-state index in [-0.39, 0.29) is 5.25 Å². The molecule has 0 aromatic rings. The Bertz CT molecular complexity index is 231. The van der Waals surface area contributed by atoms with E-state index in [1.165, 1.54) is 12.8 Å². The first kappa shape index (κ1) is 10.0. The summed E-state index contributed by atoms with van der Waals surface area (Å²) in [5.41, 5.74) is 0. The van der Waals surface area contributed by atoms with E-state index in [9.17, 15) is 8.42 Å². The first-order chi connectivity index (χ1) is 5.58. The van der Waals surface area contributed by atoms with E-state index in [2.05, 4.69) is 6.92 Å². The molecule has 0 N–H and O–H groups in total. The average Bonchev–Trinajstić information content (AvgIpc) is 2.26. The molecule has 0 spiro atoms. The minimum absolute atomic E-state index is 0.0796. The van der Waals surface area contributed by atoms with Gasteiger partial charge in [-0.25, -0.2) is 8.42 Å². The fourth-order valence-corrected chi connectivity index (χ4v) is 3.74. The van der Waals surface area contributed by atoms with Gasteiger partial charge in [-0.05, 0) is 25.7 Å². The molecule has 1 aliphatic heterocycles. The Morgan fingerprint density at radius 1 is 1.42 bits per heavy atom. The van der Waals surface area contributed by atoms with Crippen molar-refractivity contribution in [3.05, 3.63) is 0 Å². The molecular weight excluding hydrogens is 172 g/mol. The van der Waals surface area contributed by atoms with Gasteiger partial charge >= 0.3 is 0 Å². The molecule has 1 saturated heterocycles. The molecule has 0 aromatic heterocycles. The Morgan fingerprint density at radius 3 is 2.50 bits per heavy atom. The van der Waals surface area contributed by atoms with Gasteiger partial charge in [-0.1, -0.05) is 19.8 Å². The zero-order valence-corrected chi connectivity index (χ0v) is 8.73. The van der Waals surface area contributed by atoms with Crippen LogP contribution in [-0.2, 0) is 9.84 Å². The average molecular weight is 190 g/mol. The molecule has 3 heteroatoms. The largest absolute Gasteiger partial charge is 0.229 e. The third-order valence-corrected chi connectivity index (χ3v) is 5.25. The molecule has 2 atom stereocenters. The summed E-state index contributed by atoms with van der Waals surface area (Å²) >= 11 is 0.